The van der Waals surface area contributed by atoms with Crippen molar-refractivity contribution in [1.82, 2.24) is 0 Å². The summed E-state index contributed by atoms with van der Waals surface area (Å²) in [7, 11) is 0. The molecule has 4 heteroatoms. The van der Waals surface area contributed by atoms with Crippen molar-refractivity contribution in [2.45, 2.75) is 13.0 Å². The summed E-state index contributed by atoms with van der Waals surface area (Å²) >= 11 is 3.60. The largest absolute Gasteiger partial charge is 0.491 e. The maximum Gasteiger partial charge on any atom is 0.142 e. The first-order valence-corrected chi connectivity index (χ1v) is 7.54. The third-order valence-corrected chi connectivity index (χ3v) is 4.24. The Morgan fingerprint density at radius 2 is 2.05 bits per heavy atom. The summed E-state index contributed by atoms with van der Waals surface area (Å²) in [6.07, 6.45) is 1.02. The van der Waals surface area contributed by atoms with Crippen LogP contribution >= 0.6 is 15.9 Å². The molecule has 0 unspecified atom stereocenters. The highest BCUT2D eigenvalue weighted by Crippen LogP contribution is 2.32. The molecule has 0 saturated carbocycles. The Bertz CT molecular complexity index is 615. The molecule has 0 spiro atoms. The molecule has 1 heterocycles. The summed E-state index contributed by atoms with van der Waals surface area (Å²) < 4.78 is 6.88. The molecular formula is C16H17BrN2O. The van der Waals surface area contributed by atoms with E-state index < -0.39 is 0 Å². The van der Waals surface area contributed by atoms with Gasteiger partial charge in [0.1, 0.15) is 5.75 Å². The number of hydrogen-bond donors (Lipinski definition) is 1. The van der Waals surface area contributed by atoms with Gasteiger partial charge >= 0.3 is 0 Å². The number of ether oxygens (including phenoxy) is 1. The number of nitrogens with zero attached hydrogens (tertiary/aromatic N) is 1. The molecule has 2 N–H and O–H groups in total. The zero-order chi connectivity index (χ0) is 13.9. The molecule has 0 bridgehead atoms. The first-order valence-electron chi connectivity index (χ1n) is 6.75. The molecule has 0 aliphatic carbocycles. The lowest BCUT2D eigenvalue weighted by molar-refractivity contribution is 0.322. The first-order chi connectivity index (χ1) is 9.74. The lowest BCUT2D eigenvalue weighted by atomic mass is 10.1. The maximum absolute atomic E-state index is 5.89. The van der Waals surface area contributed by atoms with Crippen LogP contribution in [0.4, 0.5) is 11.4 Å². The van der Waals surface area contributed by atoms with Crippen LogP contribution in [0.3, 0.4) is 0 Å². The Labute approximate surface area is 127 Å². The van der Waals surface area contributed by atoms with Crippen LogP contribution < -0.4 is 15.4 Å². The van der Waals surface area contributed by atoms with E-state index in [2.05, 4.69) is 33.0 Å². The number of halogens is 1. The summed E-state index contributed by atoms with van der Waals surface area (Å²) in [4.78, 5) is 2.35. The topological polar surface area (TPSA) is 38.5 Å². The number of anilines is 2. The monoisotopic (exact) mass is 332 g/mol. The van der Waals surface area contributed by atoms with Crippen molar-refractivity contribution >= 4 is 27.3 Å². The second-order valence-electron chi connectivity index (χ2n) is 4.94. The quantitative estimate of drug-likeness (QED) is 0.849. The molecule has 104 valence electrons. The summed E-state index contributed by atoms with van der Waals surface area (Å²) in [5.41, 5.74) is 9.04. The molecule has 0 aromatic heterocycles. The van der Waals surface area contributed by atoms with Gasteiger partial charge in [0.15, 0.2) is 0 Å². The molecule has 1 aliphatic heterocycles. The number of para-hydroxylation sites is 2. The molecular weight excluding hydrogens is 316 g/mol. The molecule has 2 aromatic rings. The zero-order valence-corrected chi connectivity index (χ0v) is 12.8. The van der Waals surface area contributed by atoms with Crippen LogP contribution in [0.25, 0.3) is 0 Å². The van der Waals surface area contributed by atoms with Crippen molar-refractivity contribution in [2.24, 2.45) is 0 Å². The van der Waals surface area contributed by atoms with Gasteiger partial charge in [-0.1, -0.05) is 28.1 Å². The summed E-state index contributed by atoms with van der Waals surface area (Å²) in [6.45, 7) is 2.58. The van der Waals surface area contributed by atoms with Gasteiger partial charge in [-0.15, -0.1) is 0 Å². The fourth-order valence-corrected chi connectivity index (χ4v) is 2.86. The van der Waals surface area contributed by atoms with Gasteiger partial charge in [0.25, 0.3) is 0 Å². The van der Waals surface area contributed by atoms with Crippen molar-refractivity contribution in [1.29, 1.82) is 0 Å². The Balaban J connectivity index is 1.92. The van der Waals surface area contributed by atoms with Crippen LogP contribution in [0.15, 0.2) is 46.9 Å². The smallest absolute Gasteiger partial charge is 0.142 e. The van der Waals surface area contributed by atoms with E-state index in [1.807, 2.05) is 30.3 Å². The van der Waals surface area contributed by atoms with Crippen LogP contribution in [-0.4, -0.2) is 13.2 Å². The third-order valence-electron chi connectivity index (χ3n) is 3.47. The minimum atomic E-state index is 0.769. The van der Waals surface area contributed by atoms with E-state index in [1.54, 1.807) is 0 Å². The van der Waals surface area contributed by atoms with Gasteiger partial charge in [-0.3, -0.25) is 0 Å². The van der Waals surface area contributed by atoms with Gasteiger partial charge in [-0.2, -0.15) is 0 Å². The second-order valence-corrected chi connectivity index (χ2v) is 5.80. The summed E-state index contributed by atoms with van der Waals surface area (Å²) in [5, 5.41) is 0. The molecule has 0 fully saturated rings. The van der Waals surface area contributed by atoms with Crippen LogP contribution in [0.1, 0.15) is 12.0 Å². The molecule has 20 heavy (non-hydrogen) atoms. The van der Waals surface area contributed by atoms with Gasteiger partial charge in [0, 0.05) is 23.2 Å². The highest BCUT2D eigenvalue weighted by atomic mass is 79.9. The lowest BCUT2D eigenvalue weighted by Gasteiger charge is -2.24. The highest BCUT2D eigenvalue weighted by Gasteiger charge is 2.16. The lowest BCUT2D eigenvalue weighted by Crippen LogP contribution is -2.23. The van der Waals surface area contributed by atoms with E-state index in [-0.39, 0.29) is 0 Å². The number of fused-ring (bicyclic) bond motifs is 1. The van der Waals surface area contributed by atoms with E-state index in [9.17, 15) is 0 Å². The zero-order valence-electron chi connectivity index (χ0n) is 11.2. The molecule has 0 saturated heterocycles. The predicted molar refractivity (Wildman–Crippen MR) is 86.2 cm³/mol. The fourth-order valence-electron chi connectivity index (χ4n) is 2.48. The molecule has 1 aliphatic rings. The summed E-state index contributed by atoms with van der Waals surface area (Å²) in [5.74, 6) is 0.963. The van der Waals surface area contributed by atoms with Gasteiger partial charge in [0.05, 0.1) is 12.3 Å². The molecule has 0 radical (unpaired) electrons. The van der Waals surface area contributed by atoms with Gasteiger partial charge in [-0.05, 0) is 42.3 Å². The Morgan fingerprint density at radius 3 is 2.95 bits per heavy atom. The predicted octanol–water partition coefficient (Wildman–Crippen LogP) is 3.82. The van der Waals surface area contributed by atoms with Crippen LogP contribution in [-0.2, 0) is 6.54 Å². The Hall–Kier alpha value is -1.68. The van der Waals surface area contributed by atoms with Crippen molar-refractivity contribution in [3.8, 4) is 5.75 Å². The van der Waals surface area contributed by atoms with Crippen molar-refractivity contribution < 1.29 is 4.74 Å². The van der Waals surface area contributed by atoms with Gasteiger partial charge in [-0.25, -0.2) is 0 Å². The molecule has 2 aromatic carbocycles. The molecule has 3 rings (SSSR count). The van der Waals surface area contributed by atoms with E-state index in [1.165, 1.54) is 5.56 Å². The van der Waals surface area contributed by atoms with E-state index in [4.69, 9.17) is 10.5 Å². The fraction of sp³-hybridized carbons (Fsp3) is 0.250. The standard InChI is InChI=1S/C16H17BrN2O/c17-14-7-6-13(18)10-12(14)11-19-8-3-9-20-16-5-2-1-4-15(16)19/h1-2,4-7,10H,3,8-9,11,18H2. The number of benzene rings is 2. The second kappa shape index (κ2) is 5.75. The van der Waals surface area contributed by atoms with Crippen molar-refractivity contribution in [2.75, 3.05) is 23.8 Å². The summed E-state index contributed by atoms with van der Waals surface area (Å²) in [6, 6.07) is 14.1. The minimum absolute atomic E-state index is 0.769. The molecule has 3 nitrogen and oxygen atoms in total. The maximum atomic E-state index is 5.89. The number of rotatable bonds is 2. The number of nitrogen functional groups attached to an aromatic ring is 1. The van der Waals surface area contributed by atoms with E-state index in [0.717, 1.165) is 47.7 Å². The van der Waals surface area contributed by atoms with Gasteiger partial charge < -0.3 is 15.4 Å². The SMILES string of the molecule is Nc1ccc(Br)c(CN2CCCOc3ccccc32)c1. The van der Waals surface area contributed by atoms with Gasteiger partial charge in [0.2, 0.25) is 0 Å². The normalized spacial score (nSPS) is 14.3. The third kappa shape index (κ3) is 2.75. The minimum Gasteiger partial charge on any atom is -0.491 e. The van der Waals surface area contributed by atoms with Crippen LogP contribution in [0, 0.1) is 0 Å². The Kier molecular flexibility index (Phi) is 3.83. The average molecular weight is 333 g/mol. The van der Waals surface area contributed by atoms with Crippen molar-refractivity contribution in [3.63, 3.8) is 0 Å². The number of nitrogens with two attached hydrogens (primary N) is 1. The first kappa shape index (κ1) is 13.3. The van der Waals surface area contributed by atoms with Crippen molar-refractivity contribution in [3.05, 3.63) is 52.5 Å². The van der Waals surface area contributed by atoms with E-state index >= 15 is 0 Å². The average Bonchev–Trinajstić information content (AvgIpc) is 2.66. The Morgan fingerprint density at radius 1 is 1.20 bits per heavy atom. The number of hydrogen-bond acceptors (Lipinski definition) is 3. The van der Waals surface area contributed by atoms with Crippen LogP contribution in [0.2, 0.25) is 0 Å². The highest BCUT2D eigenvalue weighted by molar-refractivity contribution is 9.10. The van der Waals surface area contributed by atoms with Crippen LogP contribution in [0.5, 0.6) is 5.75 Å². The van der Waals surface area contributed by atoms with E-state index in [0.29, 0.717) is 0 Å². The molecule has 0 amide bonds. The molecule has 0 atom stereocenters.